The molecule has 0 aliphatic carbocycles. The first-order valence-electron chi connectivity index (χ1n) is 12.7. The highest BCUT2D eigenvalue weighted by Gasteiger charge is 2.46. The van der Waals surface area contributed by atoms with Gasteiger partial charge in [0, 0.05) is 13.0 Å². The van der Waals surface area contributed by atoms with Crippen LogP contribution in [0.3, 0.4) is 0 Å². The molecular formula is C26H41N4O6+. The van der Waals surface area contributed by atoms with E-state index in [1.54, 1.807) is 52.1 Å². The van der Waals surface area contributed by atoms with E-state index in [2.05, 4.69) is 22.8 Å². The summed E-state index contributed by atoms with van der Waals surface area (Å²) in [7, 11) is 1.64. The number of amides is 3. The van der Waals surface area contributed by atoms with Gasteiger partial charge in [-0.25, -0.2) is 19.8 Å². The van der Waals surface area contributed by atoms with Gasteiger partial charge in [-0.3, -0.25) is 10.4 Å². The highest BCUT2D eigenvalue weighted by atomic mass is 16.6. The Hall–Kier alpha value is -3.14. The Kier molecular flexibility index (Phi) is 11.2. The number of hydrazine groups is 1. The fourth-order valence-electron chi connectivity index (χ4n) is 3.65. The van der Waals surface area contributed by atoms with E-state index >= 15 is 0 Å². The third-order valence-corrected chi connectivity index (χ3v) is 5.90. The molecule has 1 saturated heterocycles. The lowest BCUT2D eigenvalue weighted by Crippen LogP contribution is -2.70. The average Bonchev–Trinajstić information content (AvgIpc) is 2.85. The van der Waals surface area contributed by atoms with Crippen LogP contribution in [0.1, 0.15) is 66.2 Å². The van der Waals surface area contributed by atoms with Gasteiger partial charge in [-0.05, 0) is 57.9 Å². The number of imide groups is 1. The summed E-state index contributed by atoms with van der Waals surface area (Å²) in [5, 5.41) is 0. The van der Waals surface area contributed by atoms with Crippen LogP contribution in [0.4, 0.5) is 4.79 Å². The molecule has 3 amide bonds. The number of carbonyl (C=O) groups excluding carboxylic acids is 3. The maximum Gasteiger partial charge on any atom is 0.442 e. The predicted octanol–water partition coefficient (Wildman–Crippen LogP) is 3.75. The SMILES string of the molecule is CCCCCCC[N+]1(C)C(=O)NNC(=NCCCOc2ccc(OC(C)(C)C(=O)OCC)cc2)C1=O. The molecule has 10 nitrogen and oxygen atoms in total. The van der Waals surface area contributed by atoms with Gasteiger partial charge < -0.3 is 14.2 Å². The third kappa shape index (κ3) is 8.22. The van der Waals surface area contributed by atoms with Crippen molar-refractivity contribution in [1.29, 1.82) is 0 Å². The number of aliphatic imine (C=N–C) groups is 1. The van der Waals surface area contributed by atoms with Crippen LogP contribution in [0.2, 0.25) is 0 Å². The molecule has 1 atom stereocenters. The number of quaternary nitrogens is 1. The number of hydrogen-bond donors (Lipinski definition) is 2. The largest absolute Gasteiger partial charge is 0.494 e. The molecule has 1 fully saturated rings. The molecule has 0 radical (unpaired) electrons. The highest BCUT2D eigenvalue weighted by molar-refractivity contribution is 6.37. The Morgan fingerprint density at radius 1 is 0.972 bits per heavy atom. The maximum absolute atomic E-state index is 12.9. The number of hydrogen-bond acceptors (Lipinski definition) is 7. The van der Waals surface area contributed by atoms with Gasteiger partial charge in [0.15, 0.2) is 5.60 Å². The van der Waals surface area contributed by atoms with E-state index in [0.717, 1.165) is 32.1 Å². The molecular weight excluding hydrogens is 464 g/mol. The third-order valence-electron chi connectivity index (χ3n) is 5.90. The van der Waals surface area contributed by atoms with Gasteiger partial charge in [-0.2, -0.15) is 4.48 Å². The van der Waals surface area contributed by atoms with Crippen molar-refractivity contribution in [2.75, 3.05) is 33.4 Å². The number of amidine groups is 1. The fraction of sp³-hybridized carbons (Fsp3) is 0.615. The molecule has 36 heavy (non-hydrogen) atoms. The molecule has 1 aliphatic heterocycles. The zero-order valence-corrected chi connectivity index (χ0v) is 22.2. The van der Waals surface area contributed by atoms with Crippen LogP contribution >= 0.6 is 0 Å². The molecule has 200 valence electrons. The molecule has 2 rings (SSSR count). The standard InChI is InChI=1S/C26H40N4O6/c1-6-8-9-10-11-18-30(5)23(31)22(28-29-25(30)33)27-17-12-19-35-20-13-15-21(16-14-20)36-26(3,4)24(32)34-7-2/h13-16H,6-12,17-19H2,1-5H3,(H-,27,28,29,31,33)/p+1. The molecule has 0 saturated carbocycles. The summed E-state index contributed by atoms with van der Waals surface area (Å²) in [5.74, 6) is 0.592. The lowest BCUT2D eigenvalue weighted by molar-refractivity contribution is -0.750. The maximum atomic E-state index is 12.9. The van der Waals surface area contributed by atoms with E-state index < -0.39 is 11.6 Å². The van der Waals surface area contributed by atoms with E-state index in [4.69, 9.17) is 14.2 Å². The van der Waals surface area contributed by atoms with Crippen LogP contribution in [0.25, 0.3) is 0 Å². The average molecular weight is 506 g/mol. The number of nitrogens with one attached hydrogen (secondary N) is 2. The zero-order chi connectivity index (χ0) is 26.6. The Morgan fingerprint density at radius 3 is 2.31 bits per heavy atom. The van der Waals surface area contributed by atoms with Crippen LogP contribution in [0, 0.1) is 0 Å². The number of esters is 1. The van der Waals surface area contributed by atoms with Gasteiger partial charge in [0.05, 0.1) is 26.8 Å². The van der Waals surface area contributed by atoms with Gasteiger partial charge in [0.25, 0.3) is 0 Å². The first-order chi connectivity index (χ1) is 17.1. The minimum atomic E-state index is -1.09. The Balaban J connectivity index is 1.79. The minimum Gasteiger partial charge on any atom is -0.494 e. The predicted molar refractivity (Wildman–Crippen MR) is 137 cm³/mol. The normalized spacial score (nSPS) is 19.0. The zero-order valence-electron chi connectivity index (χ0n) is 22.2. The fourth-order valence-corrected chi connectivity index (χ4v) is 3.65. The number of ether oxygens (including phenoxy) is 3. The van der Waals surface area contributed by atoms with Crippen molar-refractivity contribution in [1.82, 2.24) is 10.9 Å². The quantitative estimate of drug-likeness (QED) is 0.212. The minimum absolute atomic E-state index is 0.163. The number of likely N-dealkylation sites (N-methyl/N-ethyl adjacent to an activating group) is 1. The molecule has 0 spiro atoms. The molecule has 1 aromatic carbocycles. The van der Waals surface area contributed by atoms with Crippen molar-refractivity contribution < 1.29 is 33.1 Å². The first kappa shape index (κ1) is 29.1. The molecule has 0 bridgehead atoms. The topological polar surface area (TPSA) is 115 Å². The van der Waals surface area contributed by atoms with Crippen LogP contribution in [-0.2, 0) is 14.3 Å². The lowest BCUT2D eigenvalue weighted by Gasteiger charge is -2.32. The molecule has 1 aliphatic rings. The van der Waals surface area contributed by atoms with E-state index in [0.29, 0.717) is 44.2 Å². The van der Waals surface area contributed by atoms with Crippen LogP contribution < -0.4 is 20.3 Å². The number of urea groups is 1. The summed E-state index contributed by atoms with van der Waals surface area (Å²) >= 11 is 0. The van der Waals surface area contributed by atoms with E-state index in [-0.39, 0.29) is 22.3 Å². The van der Waals surface area contributed by atoms with Crippen molar-refractivity contribution in [3.05, 3.63) is 24.3 Å². The summed E-state index contributed by atoms with van der Waals surface area (Å²) in [6, 6.07) is 6.60. The number of nitrogens with zero attached hydrogens (tertiary/aromatic N) is 2. The van der Waals surface area contributed by atoms with E-state index in [1.165, 1.54) is 0 Å². The second-order valence-corrected chi connectivity index (χ2v) is 9.43. The van der Waals surface area contributed by atoms with E-state index in [9.17, 15) is 14.4 Å². The monoisotopic (exact) mass is 505 g/mol. The summed E-state index contributed by atoms with van der Waals surface area (Å²) in [6.07, 6.45) is 5.79. The van der Waals surface area contributed by atoms with E-state index in [1.807, 2.05) is 0 Å². The number of benzene rings is 1. The molecule has 1 aromatic rings. The summed E-state index contributed by atoms with van der Waals surface area (Å²) in [4.78, 5) is 41.6. The number of carbonyl (C=O) groups is 3. The lowest BCUT2D eigenvalue weighted by atomic mass is 10.1. The number of unbranched alkanes of at least 4 members (excludes halogenated alkanes) is 4. The van der Waals surface area contributed by atoms with Crippen molar-refractivity contribution in [3.63, 3.8) is 0 Å². The smallest absolute Gasteiger partial charge is 0.442 e. The Labute approximate surface area is 213 Å². The second kappa shape index (κ2) is 13.8. The molecule has 2 N–H and O–H groups in total. The van der Waals surface area contributed by atoms with Crippen molar-refractivity contribution in [2.45, 2.75) is 71.8 Å². The highest BCUT2D eigenvalue weighted by Crippen LogP contribution is 2.23. The molecule has 10 heteroatoms. The molecule has 1 unspecified atom stereocenters. The van der Waals surface area contributed by atoms with Crippen molar-refractivity contribution in [2.24, 2.45) is 4.99 Å². The number of rotatable bonds is 15. The summed E-state index contributed by atoms with van der Waals surface area (Å²) in [6.45, 7) is 8.73. The van der Waals surface area contributed by atoms with Gasteiger partial charge in [-0.15, -0.1) is 0 Å². The molecule has 0 aromatic heterocycles. The summed E-state index contributed by atoms with van der Waals surface area (Å²) in [5.41, 5.74) is 4.11. The van der Waals surface area contributed by atoms with Crippen LogP contribution in [-0.4, -0.2) is 67.2 Å². The van der Waals surface area contributed by atoms with Gasteiger partial charge in [0.1, 0.15) is 11.5 Å². The van der Waals surface area contributed by atoms with Gasteiger partial charge >= 0.3 is 17.9 Å². The Morgan fingerprint density at radius 2 is 1.64 bits per heavy atom. The van der Waals surface area contributed by atoms with Gasteiger partial charge in [-0.1, -0.05) is 26.2 Å². The Bertz CT molecular complexity index is 916. The van der Waals surface area contributed by atoms with Crippen LogP contribution in [0.15, 0.2) is 29.3 Å². The molecule has 1 heterocycles. The van der Waals surface area contributed by atoms with Gasteiger partial charge in [0.2, 0.25) is 5.84 Å². The van der Waals surface area contributed by atoms with Crippen molar-refractivity contribution >= 4 is 23.7 Å². The first-order valence-corrected chi connectivity index (χ1v) is 12.7. The summed E-state index contributed by atoms with van der Waals surface area (Å²) < 4.78 is 16.2. The second-order valence-electron chi connectivity index (χ2n) is 9.43. The van der Waals surface area contributed by atoms with Crippen LogP contribution in [0.5, 0.6) is 11.5 Å². The van der Waals surface area contributed by atoms with Crippen molar-refractivity contribution in [3.8, 4) is 11.5 Å².